The van der Waals surface area contributed by atoms with Crippen molar-refractivity contribution in [1.82, 2.24) is 5.01 Å². The van der Waals surface area contributed by atoms with Gasteiger partial charge in [0.25, 0.3) is 0 Å². The molecule has 0 aliphatic carbocycles. The average Bonchev–Trinajstić information content (AvgIpc) is 2.81. The van der Waals surface area contributed by atoms with Crippen LogP contribution in [0.4, 0.5) is 4.39 Å². The van der Waals surface area contributed by atoms with Crippen molar-refractivity contribution >= 4 is 28.7 Å². The van der Waals surface area contributed by atoms with Crippen molar-refractivity contribution in [1.29, 1.82) is 0 Å². The molecule has 0 bridgehead atoms. The van der Waals surface area contributed by atoms with E-state index in [0.29, 0.717) is 6.54 Å². The van der Waals surface area contributed by atoms with Crippen LogP contribution in [0.2, 0.25) is 0 Å². The molecule has 2 aliphatic rings. The number of aliphatic imine (C=N–C) groups is 1. The highest BCUT2D eigenvalue weighted by Crippen LogP contribution is 2.25. The fraction of sp³-hybridized carbons (Fsp3) is 0.250. The molecule has 0 fully saturated rings. The van der Waals surface area contributed by atoms with Gasteiger partial charge in [0.1, 0.15) is 11.7 Å². The Hall–Kier alpha value is -1.69. The van der Waals surface area contributed by atoms with E-state index in [0.717, 1.165) is 28.7 Å². The molecule has 0 N–H and O–H groups in total. The number of amidine groups is 2. The molecule has 6 heteroatoms. The molecule has 0 saturated carbocycles. The molecular formula is C12H11FN4S. The molecule has 0 spiro atoms. The summed E-state index contributed by atoms with van der Waals surface area (Å²) >= 11 is 1.36. The third-order valence-corrected chi connectivity index (χ3v) is 3.50. The van der Waals surface area contributed by atoms with Crippen LogP contribution in [-0.2, 0) is 0 Å². The highest BCUT2D eigenvalue weighted by Gasteiger charge is 2.27. The van der Waals surface area contributed by atoms with Gasteiger partial charge in [-0.1, -0.05) is 19.1 Å². The second kappa shape index (κ2) is 4.53. The minimum absolute atomic E-state index is 0.244. The molecule has 0 unspecified atom stereocenters. The zero-order valence-electron chi connectivity index (χ0n) is 9.80. The standard InChI is InChI=1S/C12H11FN4S/c1-2-11-16-18-12-14-7-10(15-17(11)12)8-3-5-9(13)6-4-8/h3-6H,2,7H2,1H3. The lowest BCUT2D eigenvalue weighted by molar-refractivity contribution is 0.627. The lowest BCUT2D eigenvalue weighted by atomic mass is 10.1. The second-order valence-electron chi connectivity index (χ2n) is 3.92. The number of hydrogen-bond acceptors (Lipinski definition) is 5. The van der Waals surface area contributed by atoms with E-state index in [1.54, 1.807) is 17.1 Å². The normalized spacial score (nSPS) is 18.1. The summed E-state index contributed by atoms with van der Waals surface area (Å²) in [5.74, 6) is 0.657. The zero-order valence-corrected chi connectivity index (χ0v) is 10.6. The summed E-state index contributed by atoms with van der Waals surface area (Å²) in [5.41, 5.74) is 1.73. The highest BCUT2D eigenvalue weighted by atomic mass is 32.2. The molecule has 0 radical (unpaired) electrons. The Labute approximate surface area is 108 Å². The van der Waals surface area contributed by atoms with Crippen molar-refractivity contribution in [2.24, 2.45) is 14.5 Å². The van der Waals surface area contributed by atoms with Crippen molar-refractivity contribution in [3.63, 3.8) is 0 Å². The van der Waals surface area contributed by atoms with Gasteiger partial charge in [-0.05, 0) is 17.7 Å². The van der Waals surface area contributed by atoms with Crippen molar-refractivity contribution in [2.45, 2.75) is 13.3 Å². The van der Waals surface area contributed by atoms with Gasteiger partial charge in [0.15, 0.2) is 0 Å². The molecule has 0 atom stereocenters. The van der Waals surface area contributed by atoms with Crippen LogP contribution >= 0.6 is 11.9 Å². The number of hydrogen-bond donors (Lipinski definition) is 0. The van der Waals surface area contributed by atoms with E-state index in [1.165, 1.54) is 24.1 Å². The minimum Gasteiger partial charge on any atom is -0.253 e. The number of rotatable bonds is 2. The topological polar surface area (TPSA) is 40.3 Å². The predicted molar refractivity (Wildman–Crippen MR) is 72.4 cm³/mol. The Balaban J connectivity index is 1.91. The maximum absolute atomic E-state index is 12.9. The lowest BCUT2D eigenvalue weighted by Crippen LogP contribution is -2.31. The summed E-state index contributed by atoms with van der Waals surface area (Å²) in [6, 6.07) is 6.32. The van der Waals surface area contributed by atoms with Gasteiger partial charge in [0.2, 0.25) is 5.17 Å². The second-order valence-corrected chi connectivity index (χ2v) is 4.65. The predicted octanol–water partition coefficient (Wildman–Crippen LogP) is 2.67. The number of nitrogens with zero attached hydrogens (tertiary/aromatic N) is 4. The Morgan fingerprint density at radius 2 is 2.11 bits per heavy atom. The molecule has 0 aromatic heterocycles. The molecule has 4 nitrogen and oxygen atoms in total. The smallest absolute Gasteiger partial charge is 0.209 e. The number of fused-ring (bicyclic) bond motifs is 1. The van der Waals surface area contributed by atoms with Gasteiger partial charge in [-0.2, -0.15) is 14.5 Å². The van der Waals surface area contributed by atoms with E-state index in [9.17, 15) is 4.39 Å². The third-order valence-electron chi connectivity index (χ3n) is 2.74. The SMILES string of the molecule is CCC1=NSC2=NCC(c3ccc(F)cc3)=NN12. The molecular weight excluding hydrogens is 251 g/mol. The summed E-state index contributed by atoms with van der Waals surface area (Å²) in [6.07, 6.45) is 0.812. The molecule has 1 aromatic carbocycles. The molecule has 0 amide bonds. The van der Waals surface area contributed by atoms with E-state index < -0.39 is 0 Å². The average molecular weight is 262 g/mol. The van der Waals surface area contributed by atoms with Crippen LogP contribution in [0.15, 0.2) is 38.8 Å². The number of benzene rings is 1. The molecule has 0 saturated heterocycles. The first-order valence-corrected chi connectivity index (χ1v) is 6.47. The molecule has 1 aromatic rings. The van der Waals surface area contributed by atoms with Crippen LogP contribution in [-0.4, -0.2) is 28.3 Å². The van der Waals surface area contributed by atoms with E-state index in [4.69, 9.17) is 0 Å². The summed E-state index contributed by atoms with van der Waals surface area (Å²) in [4.78, 5) is 4.44. The van der Waals surface area contributed by atoms with Crippen molar-refractivity contribution in [2.75, 3.05) is 6.54 Å². The van der Waals surface area contributed by atoms with Gasteiger partial charge >= 0.3 is 0 Å². The molecule has 18 heavy (non-hydrogen) atoms. The number of halogens is 1. The van der Waals surface area contributed by atoms with Gasteiger partial charge in [0, 0.05) is 6.42 Å². The van der Waals surface area contributed by atoms with Gasteiger partial charge in [0.05, 0.1) is 24.2 Å². The van der Waals surface area contributed by atoms with Crippen LogP contribution < -0.4 is 0 Å². The first kappa shape index (κ1) is 11.4. The third kappa shape index (κ3) is 1.92. The van der Waals surface area contributed by atoms with Gasteiger partial charge < -0.3 is 0 Å². The van der Waals surface area contributed by atoms with Crippen molar-refractivity contribution in [3.8, 4) is 0 Å². The van der Waals surface area contributed by atoms with Crippen LogP contribution in [0.1, 0.15) is 18.9 Å². The van der Waals surface area contributed by atoms with Crippen LogP contribution in [0.5, 0.6) is 0 Å². The van der Waals surface area contributed by atoms with Gasteiger partial charge in [-0.3, -0.25) is 4.99 Å². The number of hydrazone groups is 1. The Morgan fingerprint density at radius 1 is 1.33 bits per heavy atom. The Morgan fingerprint density at radius 3 is 2.83 bits per heavy atom. The maximum atomic E-state index is 12.9. The fourth-order valence-corrected chi connectivity index (χ4v) is 2.52. The Kier molecular flexibility index (Phi) is 2.87. The summed E-state index contributed by atoms with van der Waals surface area (Å²) in [5, 5.41) is 7.13. The minimum atomic E-state index is -0.244. The lowest BCUT2D eigenvalue weighted by Gasteiger charge is -2.19. The highest BCUT2D eigenvalue weighted by molar-refractivity contribution is 8.13. The molecule has 3 rings (SSSR count). The van der Waals surface area contributed by atoms with Crippen molar-refractivity contribution < 1.29 is 4.39 Å². The summed E-state index contributed by atoms with van der Waals surface area (Å²) < 4.78 is 17.2. The first-order valence-electron chi connectivity index (χ1n) is 5.70. The van der Waals surface area contributed by atoms with Gasteiger partial charge in [-0.15, -0.1) is 0 Å². The summed E-state index contributed by atoms with van der Waals surface area (Å²) in [6.45, 7) is 2.54. The first-order chi connectivity index (χ1) is 8.78. The van der Waals surface area contributed by atoms with Crippen LogP contribution in [0.25, 0.3) is 0 Å². The fourth-order valence-electron chi connectivity index (χ4n) is 1.78. The molecule has 2 heterocycles. The Bertz CT molecular complexity index is 562. The van der Waals surface area contributed by atoms with Crippen molar-refractivity contribution in [3.05, 3.63) is 35.6 Å². The van der Waals surface area contributed by atoms with Crippen LogP contribution in [0, 0.1) is 5.82 Å². The van der Waals surface area contributed by atoms with Crippen LogP contribution in [0.3, 0.4) is 0 Å². The monoisotopic (exact) mass is 262 g/mol. The largest absolute Gasteiger partial charge is 0.253 e. The van der Waals surface area contributed by atoms with E-state index in [1.807, 2.05) is 6.92 Å². The maximum Gasteiger partial charge on any atom is 0.209 e. The summed E-state index contributed by atoms with van der Waals surface area (Å²) in [7, 11) is 0. The zero-order chi connectivity index (χ0) is 12.5. The molecule has 2 aliphatic heterocycles. The van der Waals surface area contributed by atoms with Gasteiger partial charge in [-0.25, -0.2) is 4.39 Å². The van der Waals surface area contributed by atoms with E-state index >= 15 is 0 Å². The quantitative estimate of drug-likeness (QED) is 0.769. The molecule has 92 valence electrons. The van der Waals surface area contributed by atoms with E-state index in [-0.39, 0.29) is 5.82 Å². The van der Waals surface area contributed by atoms with E-state index in [2.05, 4.69) is 14.5 Å².